The minimum atomic E-state index is 0.0550. The zero-order valence-electron chi connectivity index (χ0n) is 10.5. The molecular formula is C12H25NO2. The van der Waals surface area contributed by atoms with Gasteiger partial charge in [0.05, 0.1) is 5.60 Å². The maximum atomic E-state index is 5.69. The van der Waals surface area contributed by atoms with Crippen LogP contribution in [-0.4, -0.2) is 31.6 Å². The largest absolute Gasteiger partial charge is 0.376 e. The molecule has 0 aromatic carbocycles. The fourth-order valence-electron chi connectivity index (χ4n) is 2.17. The van der Waals surface area contributed by atoms with Crippen LogP contribution in [0.1, 0.15) is 40.5 Å². The summed E-state index contributed by atoms with van der Waals surface area (Å²) in [6, 6.07) is 0. The van der Waals surface area contributed by atoms with Gasteiger partial charge in [0, 0.05) is 19.8 Å². The minimum Gasteiger partial charge on any atom is -0.376 e. The van der Waals surface area contributed by atoms with E-state index >= 15 is 0 Å². The fraction of sp³-hybridized carbons (Fsp3) is 1.00. The molecule has 0 spiro atoms. The maximum absolute atomic E-state index is 5.69. The van der Waals surface area contributed by atoms with Crippen molar-refractivity contribution in [1.29, 1.82) is 0 Å². The Morgan fingerprint density at radius 3 is 2.87 bits per heavy atom. The summed E-state index contributed by atoms with van der Waals surface area (Å²) < 4.78 is 11.1. The van der Waals surface area contributed by atoms with E-state index < -0.39 is 0 Å². The van der Waals surface area contributed by atoms with E-state index in [4.69, 9.17) is 9.47 Å². The molecule has 1 N–H and O–H groups in total. The van der Waals surface area contributed by atoms with E-state index in [0.717, 1.165) is 38.5 Å². The quantitative estimate of drug-likeness (QED) is 0.713. The SMILES string of the molecule is CCOC(C)NCC1CCOC(C)(C)C1. The molecule has 0 bridgehead atoms. The molecule has 1 aliphatic heterocycles. The Morgan fingerprint density at radius 2 is 2.27 bits per heavy atom. The Bertz CT molecular complexity index is 182. The van der Waals surface area contributed by atoms with Crippen LogP contribution in [-0.2, 0) is 9.47 Å². The maximum Gasteiger partial charge on any atom is 0.105 e. The van der Waals surface area contributed by atoms with Crippen LogP contribution in [0.25, 0.3) is 0 Å². The Hall–Kier alpha value is -0.120. The monoisotopic (exact) mass is 215 g/mol. The van der Waals surface area contributed by atoms with Gasteiger partial charge in [0.1, 0.15) is 6.23 Å². The van der Waals surface area contributed by atoms with Crippen molar-refractivity contribution in [2.75, 3.05) is 19.8 Å². The molecule has 1 fully saturated rings. The fourth-order valence-corrected chi connectivity index (χ4v) is 2.17. The highest BCUT2D eigenvalue weighted by atomic mass is 16.5. The molecule has 1 aliphatic rings. The zero-order valence-corrected chi connectivity index (χ0v) is 10.5. The second-order valence-electron chi connectivity index (χ2n) is 4.97. The molecule has 0 radical (unpaired) electrons. The van der Waals surface area contributed by atoms with E-state index in [2.05, 4.69) is 26.1 Å². The predicted molar refractivity (Wildman–Crippen MR) is 61.8 cm³/mol. The summed E-state index contributed by atoms with van der Waals surface area (Å²) in [5, 5.41) is 3.41. The molecule has 0 amide bonds. The molecular weight excluding hydrogens is 190 g/mol. The molecule has 1 rings (SSSR count). The van der Waals surface area contributed by atoms with E-state index in [1.165, 1.54) is 0 Å². The highest BCUT2D eigenvalue weighted by Crippen LogP contribution is 2.27. The van der Waals surface area contributed by atoms with Crippen LogP contribution < -0.4 is 5.32 Å². The van der Waals surface area contributed by atoms with Crippen molar-refractivity contribution in [2.24, 2.45) is 5.92 Å². The van der Waals surface area contributed by atoms with E-state index in [9.17, 15) is 0 Å². The summed E-state index contributed by atoms with van der Waals surface area (Å²) in [4.78, 5) is 0. The lowest BCUT2D eigenvalue weighted by Gasteiger charge is -2.36. The smallest absolute Gasteiger partial charge is 0.105 e. The molecule has 1 heterocycles. The molecule has 0 aliphatic carbocycles. The van der Waals surface area contributed by atoms with Gasteiger partial charge in [0.25, 0.3) is 0 Å². The van der Waals surface area contributed by atoms with Gasteiger partial charge in [-0.3, -0.25) is 5.32 Å². The van der Waals surface area contributed by atoms with Gasteiger partial charge < -0.3 is 9.47 Å². The highest BCUT2D eigenvalue weighted by molar-refractivity contribution is 4.79. The number of ether oxygens (including phenoxy) is 2. The molecule has 2 atom stereocenters. The van der Waals surface area contributed by atoms with Crippen LogP contribution in [0.3, 0.4) is 0 Å². The average Bonchev–Trinajstić information content (AvgIpc) is 2.14. The first-order valence-electron chi connectivity index (χ1n) is 6.02. The first-order valence-corrected chi connectivity index (χ1v) is 6.02. The lowest BCUT2D eigenvalue weighted by molar-refractivity contribution is -0.0742. The van der Waals surface area contributed by atoms with E-state index in [-0.39, 0.29) is 11.8 Å². The van der Waals surface area contributed by atoms with Gasteiger partial charge >= 0.3 is 0 Å². The summed E-state index contributed by atoms with van der Waals surface area (Å²) in [5.41, 5.74) is 0.0550. The Labute approximate surface area is 93.5 Å². The first kappa shape index (κ1) is 12.9. The second-order valence-corrected chi connectivity index (χ2v) is 4.97. The van der Waals surface area contributed by atoms with Gasteiger partial charge in [-0.05, 0) is 46.5 Å². The molecule has 3 heteroatoms. The van der Waals surface area contributed by atoms with Crippen LogP contribution in [0.4, 0.5) is 0 Å². The van der Waals surface area contributed by atoms with Gasteiger partial charge in [0.15, 0.2) is 0 Å². The summed E-state index contributed by atoms with van der Waals surface area (Å²) in [6.07, 6.45) is 2.47. The summed E-state index contributed by atoms with van der Waals surface area (Å²) in [7, 11) is 0. The van der Waals surface area contributed by atoms with Crippen molar-refractivity contribution < 1.29 is 9.47 Å². The molecule has 15 heavy (non-hydrogen) atoms. The van der Waals surface area contributed by atoms with Crippen molar-refractivity contribution in [3.8, 4) is 0 Å². The summed E-state index contributed by atoms with van der Waals surface area (Å²) >= 11 is 0. The molecule has 0 aromatic rings. The van der Waals surface area contributed by atoms with Gasteiger partial charge in [-0.15, -0.1) is 0 Å². The normalized spacial score (nSPS) is 27.6. The van der Waals surface area contributed by atoms with E-state index in [1.54, 1.807) is 0 Å². The lowest BCUT2D eigenvalue weighted by Crippen LogP contribution is -2.40. The van der Waals surface area contributed by atoms with E-state index in [1.807, 2.05) is 6.92 Å². The Balaban J connectivity index is 2.21. The van der Waals surface area contributed by atoms with Crippen LogP contribution >= 0.6 is 0 Å². The number of nitrogens with one attached hydrogen (secondary N) is 1. The standard InChI is InChI=1S/C12H25NO2/c1-5-14-10(2)13-9-11-6-7-15-12(3,4)8-11/h10-11,13H,5-9H2,1-4H3. The summed E-state index contributed by atoms with van der Waals surface area (Å²) in [5.74, 6) is 0.719. The molecule has 0 aromatic heterocycles. The van der Waals surface area contributed by atoms with Crippen molar-refractivity contribution in [3.63, 3.8) is 0 Å². The third-order valence-electron chi connectivity index (χ3n) is 2.91. The predicted octanol–water partition coefficient (Wildman–Crippen LogP) is 2.16. The van der Waals surface area contributed by atoms with Gasteiger partial charge in [-0.2, -0.15) is 0 Å². The highest BCUT2D eigenvalue weighted by Gasteiger charge is 2.28. The van der Waals surface area contributed by atoms with Crippen LogP contribution in [0.15, 0.2) is 0 Å². The first-order chi connectivity index (χ1) is 7.03. The molecule has 0 saturated carbocycles. The number of hydrogen-bond acceptors (Lipinski definition) is 3. The van der Waals surface area contributed by atoms with Crippen molar-refractivity contribution in [3.05, 3.63) is 0 Å². The second kappa shape index (κ2) is 5.83. The van der Waals surface area contributed by atoms with Gasteiger partial charge in [-0.25, -0.2) is 0 Å². The van der Waals surface area contributed by atoms with Crippen LogP contribution in [0.5, 0.6) is 0 Å². The Morgan fingerprint density at radius 1 is 1.53 bits per heavy atom. The zero-order chi connectivity index (χ0) is 11.3. The van der Waals surface area contributed by atoms with Gasteiger partial charge in [0.2, 0.25) is 0 Å². The minimum absolute atomic E-state index is 0.0550. The number of hydrogen-bond donors (Lipinski definition) is 1. The van der Waals surface area contributed by atoms with Crippen molar-refractivity contribution in [1.82, 2.24) is 5.32 Å². The van der Waals surface area contributed by atoms with Crippen molar-refractivity contribution >= 4 is 0 Å². The number of rotatable bonds is 5. The average molecular weight is 215 g/mol. The van der Waals surface area contributed by atoms with E-state index in [0.29, 0.717) is 0 Å². The molecule has 3 nitrogen and oxygen atoms in total. The lowest BCUT2D eigenvalue weighted by atomic mass is 9.88. The third kappa shape index (κ3) is 4.96. The van der Waals surface area contributed by atoms with Crippen molar-refractivity contribution in [2.45, 2.75) is 52.4 Å². The van der Waals surface area contributed by atoms with Crippen LogP contribution in [0, 0.1) is 5.92 Å². The third-order valence-corrected chi connectivity index (χ3v) is 2.91. The summed E-state index contributed by atoms with van der Waals surface area (Å²) in [6.45, 7) is 11.1. The van der Waals surface area contributed by atoms with Crippen LogP contribution in [0.2, 0.25) is 0 Å². The van der Waals surface area contributed by atoms with Gasteiger partial charge in [-0.1, -0.05) is 0 Å². The topological polar surface area (TPSA) is 30.5 Å². The molecule has 90 valence electrons. The molecule has 1 saturated heterocycles. The molecule has 2 unspecified atom stereocenters. The Kier molecular flexibility index (Phi) is 5.03.